The molecule has 1 N–H and O–H groups in total. The maximum atomic E-state index is 12.8. The van der Waals surface area contributed by atoms with Gasteiger partial charge >= 0.3 is 5.97 Å². The predicted molar refractivity (Wildman–Crippen MR) is 129 cm³/mol. The minimum atomic E-state index is -0.463. The van der Waals surface area contributed by atoms with E-state index < -0.39 is 17.8 Å². The lowest BCUT2D eigenvalue weighted by Crippen LogP contribution is -2.46. The van der Waals surface area contributed by atoms with Crippen molar-refractivity contribution in [1.82, 2.24) is 15.1 Å². The van der Waals surface area contributed by atoms with Crippen molar-refractivity contribution >= 4 is 45.5 Å². The van der Waals surface area contributed by atoms with Crippen molar-refractivity contribution in [2.75, 3.05) is 26.2 Å². The van der Waals surface area contributed by atoms with Crippen molar-refractivity contribution in [2.24, 2.45) is 5.92 Å². The molecule has 2 heterocycles. The van der Waals surface area contributed by atoms with Crippen LogP contribution >= 0.6 is 15.9 Å². The van der Waals surface area contributed by atoms with Crippen LogP contribution in [0.4, 0.5) is 0 Å². The third kappa shape index (κ3) is 5.59. The average molecular weight is 542 g/mol. The number of hydrogen-bond donors (Lipinski definition) is 1. The number of imide groups is 1. The number of nitrogens with zero attached hydrogens (tertiary/aromatic N) is 2. The summed E-state index contributed by atoms with van der Waals surface area (Å²) in [6, 6.07) is 11.3. The van der Waals surface area contributed by atoms with Gasteiger partial charge in [-0.15, -0.1) is 0 Å². The van der Waals surface area contributed by atoms with E-state index in [1.165, 1.54) is 13.0 Å². The summed E-state index contributed by atoms with van der Waals surface area (Å²) in [5.74, 6) is -1.42. The lowest BCUT2D eigenvalue weighted by atomic mass is 9.96. The van der Waals surface area contributed by atoms with E-state index in [2.05, 4.69) is 21.2 Å². The predicted octanol–water partition coefficient (Wildman–Crippen LogP) is 2.64. The zero-order chi connectivity index (χ0) is 25.1. The van der Waals surface area contributed by atoms with E-state index in [0.717, 1.165) is 4.90 Å². The molecule has 0 bridgehead atoms. The standard InChI is InChI=1S/C25H24BrN3O6/c1-15(30)35-19-4-2-3-17(11-19)23(32)27-13-16-7-9-28(10-8-16)22(31)14-29-24(33)20-6-5-18(26)12-21(20)25(29)34/h2-6,11-12,16H,7-10,13-14H2,1H3,(H,27,32). The fourth-order valence-corrected chi connectivity index (χ4v) is 4.60. The number of hydrogen-bond acceptors (Lipinski definition) is 6. The van der Waals surface area contributed by atoms with Gasteiger partial charge in [-0.3, -0.25) is 28.9 Å². The van der Waals surface area contributed by atoms with Gasteiger partial charge in [0.25, 0.3) is 17.7 Å². The summed E-state index contributed by atoms with van der Waals surface area (Å²) in [5.41, 5.74) is 0.994. The highest BCUT2D eigenvalue weighted by molar-refractivity contribution is 9.10. The van der Waals surface area contributed by atoms with E-state index in [1.807, 2.05) is 0 Å². The quantitative estimate of drug-likeness (QED) is 0.341. The van der Waals surface area contributed by atoms with Gasteiger partial charge in [0.15, 0.2) is 0 Å². The second kappa shape index (κ2) is 10.4. The number of benzene rings is 2. The van der Waals surface area contributed by atoms with Gasteiger partial charge in [0.2, 0.25) is 5.91 Å². The molecule has 0 aromatic heterocycles. The summed E-state index contributed by atoms with van der Waals surface area (Å²) >= 11 is 3.30. The molecule has 10 heteroatoms. The van der Waals surface area contributed by atoms with Crippen LogP contribution in [-0.2, 0) is 9.59 Å². The highest BCUT2D eigenvalue weighted by Crippen LogP contribution is 2.26. The van der Waals surface area contributed by atoms with Gasteiger partial charge in [-0.25, -0.2) is 0 Å². The Morgan fingerprint density at radius 2 is 1.74 bits per heavy atom. The van der Waals surface area contributed by atoms with Crippen molar-refractivity contribution < 1.29 is 28.7 Å². The van der Waals surface area contributed by atoms with E-state index >= 15 is 0 Å². The average Bonchev–Trinajstić information content (AvgIpc) is 3.06. The first-order valence-corrected chi connectivity index (χ1v) is 12.0. The Kier molecular flexibility index (Phi) is 7.30. The molecule has 182 valence electrons. The summed E-state index contributed by atoms with van der Waals surface area (Å²) < 4.78 is 5.71. The number of carbonyl (C=O) groups is 5. The van der Waals surface area contributed by atoms with Crippen LogP contribution in [0.25, 0.3) is 0 Å². The first-order valence-electron chi connectivity index (χ1n) is 11.2. The van der Waals surface area contributed by atoms with E-state index in [4.69, 9.17) is 4.74 Å². The Morgan fingerprint density at radius 1 is 1.03 bits per heavy atom. The topological polar surface area (TPSA) is 113 Å². The normalized spacial score (nSPS) is 15.7. The molecule has 2 aromatic rings. The molecule has 9 nitrogen and oxygen atoms in total. The molecular weight excluding hydrogens is 518 g/mol. The Bertz CT molecular complexity index is 1210. The minimum absolute atomic E-state index is 0.191. The Morgan fingerprint density at radius 3 is 2.46 bits per heavy atom. The van der Waals surface area contributed by atoms with Crippen molar-refractivity contribution in [3.63, 3.8) is 0 Å². The van der Waals surface area contributed by atoms with E-state index in [1.54, 1.807) is 41.3 Å². The Labute approximate surface area is 210 Å². The molecule has 4 rings (SSSR count). The summed E-state index contributed by atoms with van der Waals surface area (Å²) in [4.78, 5) is 64.2. The van der Waals surface area contributed by atoms with Gasteiger partial charge in [-0.2, -0.15) is 0 Å². The van der Waals surface area contributed by atoms with Crippen LogP contribution in [0.5, 0.6) is 5.75 Å². The summed E-state index contributed by atoms with van der Waals surface area (Å²) in [5, 5.41) is 2.89. The van der Waals surface area contributed by atoms with Crippen LogP contribution in [0.3, 0.4) is 0 Å². The molecule has 0 radical (unpaired) electrons. The van der Waals surface area contributed by atoms with Crippen molar-refractivity contribution in [3.8, 4) is 5.75 Å². The number of esters is 1. The number of rotatable bonds is 6. The number of amides is 4. The zero-order valence-electron chi connectivity index (χ0n) is 19.1. The molecule has 0 aliphatic carbocycles. The van der Waals surface area contributed by atoms with Crippen LogP contribution in [0.2, 0.25) is 0 Å². The number of nitrogens with one attached hydrogen (secondary N) is 1. The lowest BCUT2D eigenvalue weighted by molar-refractivity contribution is -0.133. The summed E-state index contributed by atoms with van der Waals surface area (Å²) in [6.45, 7) is 2.42. The number of likely N-dealkylation sites (tertiary alicyclic amines) is 1. The SMILES string of the molecule is CC(=O)Oc1cccc(C(=O)NCC2CCN(C(=O)CN3C(=O)c4ccc(Br)cc4C3=O)CC2)c1. The number of fused-ring (bicyclic) bond motifs is 1. The highest BCUT2D eigenvalue weighted by atomic mass is 79.9. The lowest BCUT2D eigenvalue weighted by Gasteiger charge is -2.32. The largest absolute Gasteiger partial charge is 0.427 e. The molecule has 1 saturated heterocycles. The third-order valence-corrected chi connectivity index (χ3v) is 6.60. The van der Waals surface area contributed by atoms with Crippen molar-refractivity contribution in [2.45, 2.75) is 19.8 Å². The summed E-state index contributed by atoms with van der Waals surface area (Å²) in [7, 11) is 0. The van der Waals surface area contributed by atoms with Gasteiger partial charge in [0.1, 0.15) is 12.3 Å². The highest BCUT2D eigenvalue weighted by Gasteiger charge is 2.37. The maximum absolute atomic E-state index is 12.8. The van der Waals surface area contributed by atoms with E-state index in [-0.39, 0.29) is 24.3 Å². The molecule has 2 aromatic carbocycles. The zero-order valence-corrected chi connectivity index (χ0v) is 20.7. The van der Waals surface area contributed by atoms with Crippen molar-refractivity contribution in [1.29, 1.82) is 0 Å². The number of piperidine rings is 1. The third-order valence-electron chi connectivity index (χ3n) is 6.10. The maximum Gasteiger partial charge on any atom is 0.308 e. The summed E-state index contributed by atoms with van der Waals surface area (Å²) in [6.07, 6.45) is 1.38. The molecule has 2 aliphatic heterocycles. The molecule has 35 heavy (non-hydrogen) atoms. The van der Waals surface area contributed by atoms with Gasteiger partial charge in [-0.1, -0.05) is 22.0 Å². The van der Waals surface area contributed by atoms with Crippen LogP contribution in [0, 0.1) is 5.92 Å². The second-order valence-corrected chi connectivity index (χ2v) is 9.46. The second-order valence-electron chi connectivity index (χ2n) is 8.54. The minimum Gasteiger partial charge on any atom is -0.427 e. The molecule has 0 spiro atoms. The van der Waals surface area contributed by atoms with Gasteiger partial charge < -0.3 is 15.0 Å². The van der Waals surface area contributed by atoms with Crippen LogP contribution < -0.4 is 10.1 Å². The number of halogens is 1. The smallest absolute Gasteiger partial charge is 0.308 e. The van der Waals surface area contributed by atoms with Gasteiger partial charge in [-0.05, 0) is 55.2 Å². The first-order chi connectivity index (χ1) is 16.7. The molecular formula is C25H24BrN3O6. The van der Waals surface area contributed by atoms with Crippen LogP contribution in [0.15, 0.2) is 46.9 Å². The molecule has 0 saturated carbocycles. The Hall–Kier alpha value is -3.53. The molecule has 4 amide bonds. The van der Waals surface area contributed by atoms with Crippen LogP contribution in [-0.4, -0.2) is 65.6 Å². The Balaban J connectivity index is 1.25. The number of ether oxygens (including phenoxy) is 1. The van der Waals surface area contributed by atoms with Gasteiger partial charge in [0, 0.05) is 36.6 Å². The van der Waals surface area contributed by atoms with Gasteiger partial charge in [0.05, 0.1) is 11.1 Å². The molecule has 0 atom stereocenters. The monoisotopic (exact) mass is 541 g/mol. The van der Waals surface area contributed by atoms with Crippen molar-refractivity contribution in [3.05, 3.63) is 63.6 Å². The fraction of sp³-hybridized carbons (Fsp3) is 0.320. The molecule has 0 unspecified atom stereocenters. The molecule has 1 fully saturated rings. The fourth-order valence-electron chi connectivity index (χ4n) is 4.23. The van der Waals surface area contributed by atoms with Crippen LogP contribution in [0.1, 0.15) is 50.8 Å². The van der Waals surface area contributed by atoms with E-state index in [9.17, 15) is 24.0 Å². The first kappa shape index (κ1) is 24.6. The van der Waals surface area contributed by atoms with E-state index in [0.29, 0.717) is 59.4 Å². The number of carbonyl (C=O) groups excluding carboxylic acids is 5. The molecule has 2 aliphatic rings.